The topological polar surface area (TPSA) is 81.1 Å². The lowest BCUT2D eigenvalue weighted by Gasteiger charge is -2.10. The maximum absolute atomic E-state index is 12.4. The van der Waals surface area contributed by atoms with Gasteiger partial charge in [0.25, 0.3) is 5.56 Å². The summed E-state index contributed by atoms with van der Waals surface area (Å²) in [5.74, 6) is -0.511. The van der Waals surface area contributed by atoms with Gasteiger partial charge in [-0.2, -0.15) is 5.10 Å². The van der Waals surface area contributed by atoms with Crippen LogP contribution in [0.5, 0.6) is 0 Å². The van der Waals surface area contributed by atoms with Gasteiger partial charge in [0.05, 0.1) is 16.9 Å². The molecule has 126 valence electrons. The zero-order chi connectivity index (χ0) is 17.9. The molecule has 0 bridgehead atoms. The van der Waals surface area contributed by atoms with Crippen LogP contribution < -0.4 is 10.9 Å². The molecule has 2 rings (SSSR count). The summed E-state index contributed by atoms with van der Waals surface area (Å²) in [5, 5.41) is 6.36. The molecule has 1 heterocycles. The molecule has 0 atom stereocenters. The van der Waals surface area contributed by atoms with Crippen molar-refractivity contribution in [3.05, 3.63) is 50.4 Å². The fourth-order valence-electron chi connectivity index (χ4n) is 1.94. The zero-order valence-corrected chi connectivity index (χ0v) is 15.1. The number of nitrogens with zero attached hydrogens (tertiary/aromatic N) is 2. The number of carbonyl (C=O) groups is 2. The molecular weight excluding hydrogens is 373 g/mol. The highest BCUT2D eigenvalue weighted by atomic mass is 35.5. The molecule has 6 nitrogen and oxygen atoms in total. The molecule has 0 radical (unpaired) electrons. The Morgan fingerprint density at radius 2 is 2.04 bits per heavy atom. The van der Waals surface area contributed by atoms with E-state index in [4.69, 9.17) is 23.2 Å². The van der Waals surface area contributed by atoms with Crippen molar-refractivity contribution < 1.29 is 9.59 Å². The average molecular weight is 386 g/mol. The summed E-state index contributed by atoms with van der Waals surface area (Å²) in [6, 6.07) is 4.88. The van der Waals surface area contributed by atoms with Crippen LogP contribution in [0.1, 0.15) is 17.3 Å². The normalized spacial score (nSPS) is 10.5. The first-order valence-electron chi connectivity index (χ1n) is 6.73. The molecule has 0 saturated carbocycles. The lowest BCUT2D eigenvalue weighted by Crippen LogP contribution is -2.27. The van der Waals surface area contributed by atoms with Crippen LogP contribution in [-0.2, 0) is 11.3 Å². The molecule has 0 spiro atoms. The summed E-state index contributed by atoms with van der Waals surface area (Å²) in [4.78, 5) is 36.2. The van der Waals surface area contributed by atoms with E-state index in [1.54, 1.807) is 18.2 Å². The third-order valence-corrected chi connectivity index (χ3v) is 4.60. The monoisotopic (exact) mass is 385 g/mol. The quantitative estimate of drug-likeness (QED) is 0.631. The van der Waals surface area contributed by atoms with Crippen molar-refractivity contribution in [1.82, 2.24) is 9.78 Å². The highest BCUT2D eigenvalue weighted by Gasteiger charge is 2.14. The van der Waals surface area contributed by atoms with Crippen molar-refractivity contribution in [2.45, 2.75) is 18.4 Å². The first-order valence-corrected chi connectivity index (χ1v) is 8.71. The summed E-state index contributed by atoms with van der Waals surface area (Å²) >= 11 is 12.9. The number of rotatable bonds is 5. The Morgan fingerprint density at radius 1 is 1.33 bits per heavy atom. The van der Waals surface area contributed by atoms with Gasteiger partial charge < -0.3 is 5.32 Å². The Bertz CT molecular complexity index is 868. The number of hydrogen-bond acceptors (Lipinski definition) is 5. The second kappa shape index (κ2) is 7.83. The molecule has 0 aliphatic rings. The van der Waals surface area contributed by atoms with E-state index in [1.807, 2.05) is 6.26 Å². The lowest BCUT2D eigenvalue weighted by atomic mass is 10.1. The molecule has 0 aliphatic carbocycles. The van der Waals surface area contributed by atoms with E-state index in [0.29, 0.717) is 11.3 Å². The maximum atomic E-state index is 12.4. The Balaban J connectivity index is 2.29. The minimum absolute atomic E-state index is 0.0368. The Hall–Kier alpha value is -1.83. The minimum Gasteiger partial charge on any atom is -0.325 e. The molecule has 2 aromatic rings. The van der Waals surface area contributed by atoms with Crippen LogP contribution in [0, 0.1) is 0 Å². The highest BCUT2D eigenvalue weighted by molar-refractivity contribution is 7.98. The van der Waals surface area contributed by atoms with Gasteiger partial charge in [-0.25, -0.2) is 4.68 Å². The molecule has 0 unspecified atom stereocenters. The van der Waals surface area contributed by atoms with Crippen molar-refractivity contribution >= 4 is 52.3 Å². The molecule has 1 aromatic heterocycles. The SMILES string of the molecule is CSc1cc(C(=O)Cn2ncc(Cl)c(Cl)c2=O)ccc1NC(C)=O. The number of ketones is 1. The minimum atomic E-state index is -0.627. The molecule has 1 aromatic carbocycles. The van der Waals surface area contributed by atoms with Crippen molar-refractivity contribution in [2.75, 3.05) is 11.6 Å². The number of thioether (sulfide) groups is 1. The van der Waals surface area contributed by atoms with Crippen LogP contribution in [-0.4, -0.2) is 27.7 Å². The number of hydrogen-bond donors (Lipinski definition) is 1. The van der Waals surface area contributed by atoms with Crippen LogP contribution in [0.2, 0.25) is 10.0 Å². The van der Waals surface area contributed by atoms with E-state index >= 15 is 0 Å². The van der Waals surface area contributed by atoms with Crippen molar-refractivity contribution in [1.29, 1.82) is 0 Å². The second-order valence-electron chi connectivity index (χ2n) is 4.79. The van der Waals surface area contributed by atoms with Crippen molar-refractivity contribution in [3.8, 4) is 0 Å². The Labute approximate surface area is 152 Å². The lowest BCUT2D eigenvalue weighted by molar-refractivity contribution is -0.114. The van der Waals surface area contributed by atoms with Gasteiger partial charge in [0.15, 0.2) is 5.78 Å². The van der Waals surface area contributed by atoms with Gasteiger partial charge in [0.2, 0.25) is 5.91 Å². The predicted octanol–water partition coefficient (Wildman–Crippen LogP) is 3.11. The van der Waals surface area contributed by atoms with Gasteiger partial charge >= 0.3 is 0 Å². The summed E-state index contributed by atoms with van der Waals surface area (Å²) in [7, 11) is 0. The van der Waals surface area contributed by atoms with Crippen LogP contribution in [0.4, 0.5) is 5.69 Å². The third-order valence-electron chi connectivity index (χ3n) is 3.07. The van der Waals surface area contributed by atoms with Crippen molar-refractivity contribution in [3.63, 3.8) is 0 Å². The van der Waals surface area contributed by atoms with Gasteiger partial charge in [-0.1, -0.05) is 23.2 Å². The summed E-state index contributed by atoms with van der Waals surface area (Å²) in [5.41, 5.74) is 0.391. The Morgan fingerprint density at radius 3 is 2.67 bits per heavy atom. The third kappa shape index (κ3) is 4.17. The molecule has 1 amide bonds. The van der Waals surface area contributed by atoms with E-state index in [0.717, 1.165) is 9.58 Å². The number of nitrogens with one attached hydrogen (secondary N) is 1. The molecule has 24 heavy (non-hydrogen) atoms. The van der Waals surface area contributed by atoms with Gasteiger partial charge in [0.1, 0.15) is 11.6 Å². The van der Waals surface area contributed by atoms with E-state index < -0.39 is 5.56 Å². The molecule has 0 fully saturated rings. The first kappa shape index (κ1) is 18.5. The number of halogens is 2. The van der Waals surface area contributed by atoms with Gasteiger partial charge in [-0.15, -0.1) is 11.8 Å². The van der Waals surface area contributed by atoms with Crippen LogP contribution >= 0.6 is 35.0 Å². The van der Waals surface area contributed by atoms with E-state index in [9.17, 15) is 14.4 Å². The molecular formula is C15H13Cl2N3O3S. The Kier molecular flexibility index (Phi) is 6.04. The molecule has 0 saturated heterocycles. The number of aromatic nitrogens is 2. The number of amides is 1. The molecule has 1 N–H and O–H groups in total. The second-order valence-corrected chi connectivity index (χ2v) is 6.42. The predicted molar refractivity (Wildman–Crippen MR) is 95.4 cm³/mol. The fraction of sp³-hybridized carbons (Fsp3) is 0.200. The van der Waals surface area contributed by atoms with E-state index in [-0.39, 0.29) is 28.3 Å². The van der Waals surface area contributed by atoms with Crippen LogP contribution in [0.3, 0.4) is 0 Å². The fourth-order valence-corrected chi connectivity index (χ4v) is 2.80. The van der Waals surface area contributed by atoms with Gasteiger partial charge in [0, 0.05) is 17.4 Å². The average Bonchev–Trinajstić information content (AvgIpc) is 2.55. The van der Waals surface area contributed by atoms with Crippen LogP contribution in [0.15, 0.2) is 34.1 Å². The van der Waals surface area contributed by atoms with E-state index in [2.05, 4.69) is 10.4 Å². The summed E-state index contributed by atoms with van der Waals surface area (Å²) in [6.07, 6.45) is 3.05. The van der Waals surface area contributed by atoms with E-state index in [1.165, 1.54) is 24.9 Å². The number of carbonyl (C=O) groups excluding carboxylic acids is 2. The smallest absolute Gasteiger partial charge is 0.287 e. The first-order chi connectivity index (χ1) is 11.3. The maximum Gasteiger partial charge on any atom is 0.287 e. The number of Topliss-reactive ketones (excluding diaryl/α,β-unsaturated/α-hetero) is 1. The summed E-state index contributed by atoms with van der Waals surface area (Å²) in [6.45, 7) is 1.15. The van der Waals surface area contributed by atoms with Crippen LogP contribution in [0.25, 0.3) is 0 Å². The standard InChI is InChI=1S/C15H13Cl2N3O3S/c1-8(21)19-11-4-3-9(5-13(11)24-2)12(22)7-20-15(23)14(17)10(16)6-18-20/h3-6H,7H2,1-2H3,(H,19,21). The van der Waals surface area contributed by atoms with Crippen molar-refractivity contribution in [2.24, 2.45) is 0 Å². The highest BCUT2D eigenvalue weighted by Crippen LogP contribution is 2.27. The van der Waals surface area contributed by atoms with Gasteiger partial charge in [-0.05, 0) is 24.5 Å². The molecule has 9 heteroatoms. The number of anilines is 1. The largest absolute Gasteiger partial charge is 0.325 e. The molecule has 0 aliphatic heterocycles. The summed E-state index contributed by atoms with van der Waals surface area (Å²) < 4.78 is 0.955. The number of benzene rings is 1. The zero-order valence-electron chi connectivity index (χ0n) is 12.8. The van der Waals surface area contributed by atoms with Gasteiger partial charge in [-0.3, -0.25) is 14.4 Å².